The van der Waals surface area contributed by atoms with Crippen LogP contribution in [0.1, 0.15) is 82.1 Å². The van der Waals surface area contributed by atoms with E-state index in [1.165, 1.54) is 6.92 Å². The first kappa shape index (κ1) is 26.5. The standard InChI is InChI=1S/C29H38N4O4/c1-6-8-14-36-26-18-27(37-15-9-7-2)24(17-23(26)19(3)4)28-30-31-29(35)33(28)22-10-11-25-21(16-22)12-13-32(25)20(5)34/h10-13,16-19,29,31,35H,6-9,14-15H2,1-5H3. The summed E-state index contributed by atoms with van der Waals surface area (Å²) in [5.41, 5.74) is 6.22. The molecule has 0 fully saturated rings. The largest absolute Gasteiger partial charge is 0.493 e. The molecule has 8 heteroatoms. The Hall–Kier alpha value is -3.52. The molecule has 3 aromatic rings. The number of carbonyl (C=O) groups excluding carboxylic acids is 1. The Bertz CT molecular complexity index is 1280. The van der Waals surface area contributed by atoms with E-state index in [0.717, 1.165) is 59.2 Å². The Labute approximate surface area is 218 Å². The highest BCUT2D eigenvalue weighted by Crippen LogP contribution is 2.37. The Balaban J connectivity index is 1.77. The van der Waals surface area contributed by atoms with E-state index in [1.807, 2.05) is 30.3 Å². The average Bonchev–Trinajstić information content (AvgIpc) is 3.47. The number of carbonyl (C=O) groups is 1. The molecule has 2 heterocycles. The van der Waals surface area contributed by atoms with Crippen LogP contribution in [0.3, 0.4) is 0 Å². The van der Waals surface area contributed by atoms with Crippen LogP contribution in [0, 0.1) is 0 Å². The van der Waals surface area contributed by atoms with Gasteiger partial charge in [0.15, 0.2) is 5.84 Å². The van der Waals surface area contributed by atoms with Gasteiger partial charge in [0, 0.05) is 30.3 Å². The molecule has 1 aromatic heterocycles. The fraction of sp³-hybridized carbons (Fsp3) is 0.448. The zero-order valence-corrected chi connectivity index (χ0v) is 22.5. The topological polar surface area (TPSA) is 88.3 Å². The number of amidine groups is 1. The minimum absolute atomic E-state index is 0.0517. The third-order valence-electron chi connectivity index (χ3n) is 6.54. The summed E-state index contributed by atoms with van der Waals surface area (Å²) >= 11 is 0. The number of aliphatic hydroxyl groups is 1. The molecule has 0 aliphatic carbocycles. The molecule has 2 N–H and O–H groups in total. The van der Waals surface area contributed by atoms with E-state index in [-0.39, 0.29) is 11.8 Å². The minimum Gasteiger partial charge on any atom is -0.493 e. The number of hydrazone groups is 1. The van der Waals surface area contributed by atoms with Crippen molar-refractivity contribution in [3.8, 4) is 11.5 Å². The number of unbranched alkanes of at least 4 members (excludes halogenated alkanes) is 2. The van der Waals surface area contributed by atoms with Crippen LogP contribution in [0.5, 0.6) is 11.5 Å². The number of benzene rings is 2. The molecule has 0 amide bonds. The number of hydrogen-bond acceptors (Lipinski definition) is 7. The predicted octanol–water partition coefficient (Wildman–Crippen LogP) is 5.83. The highest BCUT2D eigenvalue weighted by atomic mass is 16.5. The summed E-state index contributed by atoms with van der Waals surface area (Å²) < 4.78 is 14.0. The number of nitrogens with zero attached hydrogens (tertiary/aromatic N) is 3. The van der Waals surface area contributed by atoms with Crippen LogP contribution in [0.2, 0.25) is 0 Å². The highest BCUT2D eigenvalue weighted by molar-refractivity contribution is 6.13. The van der Waals surface area contributed by atoms with Crippen molar-refractivity contribution in [3.63, 3.8) is 0 Å². The molecule has 0 saturated carbocycles. The van der Waals surface area contributed by atoms with E-state index < -0.39 is 6.35 Å². The van der Waals surface area contributed by atoms with Crippen LogP contribution in [0.15, 0.2) is 47.7 Å². The first-order valence-electron chi connectivity index (χ1n) is 13.2. The fourth-order valence-electron chi connectivity index (χ4n) is 4.46. The first-order valence-corrected chi connectivity index (χ1v) is 13.2. The Morgan fingerprint density at radius 3 is 2.41 bits per heavy atom. The van der Waals surface area contributed by atoms with Crippen molar-refractivity contribution < 1.29 is 19.4 Å². The normalized spacial score (nSPS) is 15.3. The van der Waals surface area contributed by atoms with E-state index in [0.29, 0.717) is 24.8 Å². The maximum atomic E-state index is 12.0. The molecule has 1 aliphatic rings. The second kappa shape index (κ2) is 11.7. The van der Waals surface area contributed by atoms with E-state index >= 15 is 0 Å². The van der Waals surface area contributed by atoms with Gasteiger partial charge in [0.05, 0.1) is 24.3 Å². The number of fused-ring (bicyclic) bond motifs is 1. The smallest absolute Gasteiger partial charge is 0.227 e. The Morgan fingerprint density at radius 1 is 1.05 bits per heavy atom. The number of rotatable bonds is 11. The van der Waals surface area contributed by atoms with Crippen LogP contribution >= 0.6 is 0 Å². The molecule has 198 valence electrons. The van der Waals surface area contributed by atoms with E-state index in [4.69, 9.17) is 9.47 Å². The third-order valence-corrected chi connectivity index (χ3v) is 6.54. The summed E-state index contributed by atoms with van der Waals surface area (Å²) in [7, 11) is 0. The summed E-state index contributed by atoms with van der Waals surface area (Å²) in [5, 5.41) is 16.3. The number of ether oxygens (including phenoxy) is 2. The van der Waals surface area contributed by atoms with Crippen LogP contribution in [0.25, 0.3) is 10.9 Å². The maximum Gasteiger partial charge on any atom is 0.227 e. The molecule has 4 rings (SSSR count). The van der Waals surface area contributed by atoms with Crippen molar-refractivity contribution in [1.82, 2.24) is 9.99 Å². The number of aromatic nitrogens is 1. The summed E-state index contributed by atoms with van der Waals surface area (Å²) in [4.78, 5) is 13.7. The molecule has 1 atom stereocenters. The molecule has 1 aliphatic heterocycles. The Morgan fingerprint density at radius 2 is 1.76 bits per heavy atom. The number of anilines is 1. The van der Waals surface area contributed by atoms with Gasteiger partial charge in [-0.2, -0.15) is 5.10 Å². The zero-order valence-electron chi connectivity index (χ0n) is 22.5. The maximum absolute atomic E-state index is 12.0. The summed E-state index contributed by atoms with van der Waals surface area (Å²) in [6.07, 6.45) is 4.70. The van der Waals surface area contributed by atoms with Crippen LogP contribution in [0.4, 0.5) is 5.69 Å². The zero-order chi connectivity index (χ0) is 26.5. The van der Waals surface area contributed by atoms with Gasteiger partial charge in [-0.15, -0.1) is 0 Å². The number of hydrogen-bond donors (Lipinski definition) is 2. The lowest BCUT2D eigenvalue weighted by atomic mass is 9.97. The molecule has 0 radical (unpaired) electrons. The summed E-state index contributed by atoms with van der Waals surface area (Å²) in [6, 6.07) is 11.7. The minimum atomic E-state index is -1.05. The van der Waals surface area contributed by atoms with Crippen molar-refractivity contribution in [2.75, 3.05) is 18.1 Å². The molecule has 2 aromatic carbocycles. The van der Waals surface area contributed by atoms with Crippen molar-refractivity contribution >= 4 is 28.3 Å². The lowest BCUT2D eigenvalue weighted by molar-refractivity contribution is 0.0941. The molecular weight excluding hydrogens is 468 g/mol. The van der Waals surface area contributed by atoms with Crippen LogP contribution in [-0.4, -0.2) is 41.0 Å². The Kier molecular flexibility index (Phi) is 8.38. The van der Waals surface area contributed by atoms with E-state index in [1.54, 1.807) is 15.7 Å². The van der Waals surface area contributed by atoms with Gasteiger partial charge in [-0.3, -0.25) is 19.7 Å². The van der Waals surface area contributed by atoms with Crippen molar-refractivity contribution in [2.45, 2.75) is 72.6 Å². The number of aliphatic hydroxyl groups excluding tert-OH is 1. The summed E-state index contributed by atoms with van der Waals surface area (Å²) in [5.74, 6) is 2.23. The second-order valence-corrected chi connectivity index (χ2v) is 9.70. The fourth-order valence-corrected chi connectivity index (χ4v) is 4.46. The van der Waals surface area contributed by atoms with Gasteiger partial charge in [0.25, 0.3) is 0 Å². The molecule has 0 spiro atoms. The number of nitrogens with one attached hydrogen (secondary N) is 1. The quantitative estimate of drug-likeness (QED) is 0.318. The van der Waals surface area contributed by atoms with Gasteiger partial charge >= 0.3 is 0 Å². The molecular formula is C29H38N4O4. The van der Waals surface area contributed by atoms with Gasteiger partial charge in [-0.05, 0) is 54.7 Å². The van der Waals surface area contributed by atoms with Gasteiger partial charge in [0.2, 0.25) is 12.3 Å². The molecule has 0 bridgehead atoms. The lowest BCUT2D eigenvalue weighted by Gasteiger charge is -2.26. The van der Waals surface area contributed by atoms with Crippen molar-refractivity contribution in [3.05, 3.63) is 53.7 Å². The van der Waals surface area contributed by atoms with E-state index in [9.17, 15) is 9.90 Å². The van der Waals surface area contributed by atoms with Gasteiger partial charge in [-0.1, -0.05) is 40.5 Å². The van der Waals surface area contributed by atoms with Crippen LogP contribution < -0.4 is 19.8 Å². The van der Waals surface area contributed by atoms with Crippen LogP contribution in [-0.2, 0) is 0 Å². The van der Waals surface area contributed by atoms with Gasteiger partial charge in [-0.25, -0.2) is 0 Å². The first-order chi connectivity index (χ1) is 17.8. The predicted molar refractivity (Wildman–Crippen MR) is 148 cm³/mol. The monoisotopic (exact) mass is 506 g/mol. The van der Waals surface area contributed by atoms with Gasteiger partial charge < -0.3 is 14.6 Å². The molecule has 8 nitrogen and oxygen atoms in total. The van der Waals surface area contributed by atoms with E-state index in [2.05, 4.69) is 44.3 Å². The van der Waals surface area contributed by atoms with Gasteiger partial charge in [0.1, 0.15) is 11.5 Å². The van der Waals surface area contributed by atoms with Crippen molar-refractivity contribution in [1.29, 1.82) is 0 Å². The second-order valence-electron chi connectivity index (χ2n) is 9.70. The molecule has 37 heavy (non-hydrogen) atoms. The summed E-state index contributed by atoms with van der Waals surface area (Å²) in [6.45, 7) is 11.3. The highest BCUT2D eigenvalue weighted by Gasteiger charge is 2.32. The third kappa shape index (κ3) is 5.59. The average molecular weight is 507 g/mol. The van der Waals surface area contributed by atoms with Crippen molar-refractivity contribution in [2.24, 2.45) is 5.10 Å². The lowest BCUT2D eigenvalue weighted by Crippen LogP contribution is -2.40. The SMILES string of the molecule is CCCCOc1cc(OCCCC)c(C(C)C)cc1C1=NNC(O)N1c1ccc2c(ccn2C(C)=O)c1. The molecule has 1 unspecified atom stereocenters. The molecule has 0 saturated heterocycles.